The van der Waals surface area contributed by atoms with Crippen molar-refractivity contribution in [3.05, 3.63) is 35.9 Å². The molecule has 1 amide bonds. The normalized spacial score (nSPS) is 14.5. The topological polar surface area (TPSA) is 100 Å². The van der Waals surface area contributed by atoms with Gasteiger partial charge in [-0.3, -0.25) is 10.1 Å². The zero-order valence-electron chi connectivity index (χ0n) is 17.5. The summed E-state index contributed by atoms with van der Waals surface area (Å²) in [6.07, 6.45) is -0.216. The maximum absolute atomic E-state index is 12.3. The van der Waals surface area contributed by atoms with Gasteiger partial charge >= 0.3 is 12.1 Å². The molecule has 0 saturated carbocycles. The highest BCUT2D eigenvalue weighted by atomic mass is 16.6. The summed E-state index contributed by atoms with van der Waals surface area (Å²) in [5, 5.41) is 15.6. The highest BCUT2D eigenvalue weighted by Gasteiger charge is 2.32. The number of hydrogen-bond donors (Lipinski definition) is 2. The third kappa shape index (κ3) is 7.97. The first-order valence-electron chi connectivity index (χ1n) is 9.34. The zero-order chi connectivity index (χ0) is 21.3. The van der Waals surface area contributed by atoms with Crippen LogP contribution in [0.3, 0.4) is 0 Å². The van der Waals surface area contributed by atoms with Crippen molar-refractivity contribution in [2.24, 2.45) is 5.92 Å². The lowest BCUT2D eigenvalue weighted by atomic mass is 9.97. The molecule has 0 aliphatic rings. The number of rotatable bonds is 8. The van der Waals surface area contributed by atoms with Gasteiger partial charge in [0, 0.05) is 0 Å². The second-order valence-electron chi connectivity index (χ2n) is 7.96. The molecule has 1 rings (SSSR count). The number of hydrogen-bond acceptors (Lipinski definition) is 6. The van der Waals surface area contributed by atoms with E-state index in [2.05, 4.69) is 16.7 Å². The lowest BCUT2D eigenvalue weighted by molar-refractivity contribution is -0.144. The van der Waals surface area contributed by atoms with Gasteiger partial charge < -0.3 is 14.8 Å². The fraction of sp³-hybridized carbons (Fsp3) is 0.571. The Morgan fingerprint density at radius 2 is 1.79 bits per heavy atom. The second-order valence-corrected chi connectivity index (χ2v) is 7.96. The summed E-state index contributed by atoms with van der Waals surface area (Å²) < 4.78 is 10.2. The number of methoxy groups -OCH3 is 1. The SMILES string of the molecule is COC(=O)[C@@H](N[C@H](C#N)[C@H](Cc1ccccc1)NC(=O)OC(C)(C)C)C(C)C. The molecule has 1 aromatic rings. The van der Waals surface area contributed by atoms with Crippen LogP contribution in [0.2, 0.25) is 0 Å². The fourth-order valence-corrected chi connectivity index (χ4v) is 2.68. The Labute approximate surface area is 167 Å². The van der Waals surface area contributed by atoms with Gasteiger partial charge in [0.2, 0.25) is 0 Å². The number of esters is 1. The van der Waals surface area contributed by atoms with Crippen molar-refractivity contribution in [2.45, 2.75) is 64.8 Å². The molecule has 0 aliphatic heterocycles. The van der Waals surface area contributed by atoms with E-state index in [0.29, 0.717) is 6.42 Å². The van der Waals surface area contributed by atoms with Crippen LogP contribution in [0.25, 0.3) is 0 Å². The predicted octanol–water partition coefficient (Wildman–Crippen LogP) is 2.80. The van der Waals surface area contributed by atoms with Crippen LogP contribution < -0.4 is 10.6 Å². The fourth-order valence-electron chi connectivity index (χ4n) is 2.68. The monoisotopic (exact) mass is 389 g/mol. The van der Waals surface area contributed by atoms with Gasteiger partial charge in [-0.2, -0.15) is 5.26 Å². The van der Waals surface area contributed by atoms with Crippen molar-refractivity contribution in [1.82, 2.24) is 10.6 Å². The van der Waals surface area contributed by atoms with Crippen LogP contribution in [-0.2, 0) is 20.7 Å². The van der Waals surface area contributed by atoms with Crippen LogP contribution in [0.4, 0.5) is 4.79 Å². The molecule has 3 atom stereocenters. The summed E-state index contributed by atoms with van der Waals surface area (Å²) >= 11 is 0. The predicted molar refractivity (Wildman–Crippen MR) is 106 cm³/mol. The van der Waals surface area contributed by atoms with Crippen molar-refractivity contribution in [1.29, 1.82) is 5.26 Å². The molecule has 0 fully saturated rings. The van der Waals surface area contributed by atoms with E-state index >= 15 is 0 Å². The Bertz CT molecular complexity index is 677. The number of nitrogens with one attached hydrogen (secondary N) is 2. The van der Waals surface area contributed by atoms with Gasteiger partial charge in [-0.25, -0.2) is 4.79 Å². The number of alkyl carbamates (subject to hydrolysis) is 1. The molecule has 7 nitrogen and oxygen atoms in total. The number of nitrogens with zero attached hydrogens (tertiary/aromatic N) is 1. The number of benzene rings is 1. The summed E-state index contributed by atoms with van der Waals surface area (Å²) in [6.45, 7) is 9.02. The molecular weight excluding hydrogens is 358 g/mol. The first kappa shape index (κ1) is 23.4. The van der Waals surface area contributed by atoms with Crippen LogP contribution in [0.5, 0.6) is 0 Å². The van der Waals surface area contributed by atoms with Crippen LogP contribution in [-0.4, -0.2) is 42.9 Å². The molecule has 0 aliphatic carbocycles. The quantitative estimate of drug-likeness (QED) is 0.663. The lowest BCUT2D eigenvalue weighted by Gasteiger charge is -2.30. The molecular formula is C21H31N3O4. The number of amides is 1. The van der Waals surface area contributed by atoms with Gasteiger partial charge in [-0.05, 0) is 38.7 Å². The summed E-state index contributed by atoms with van der Waals surface area (Å²) in [5.41, 5.74) is 0.286. The molecule has 7 heteroatoms. The number of ether oxygens (including phenoxy) is 2. The van der Waals surface area contributed by atoms with E-state index in [0.717, 1.165) is 5.56 Å². The second kappa shape index (κ2) is 10.7. The minimum absolute atomic E-state index is 0.0952. The van der Waals surface area contributed by atoms with E-state index in [1.165, 1.54) is 7.11 Å². The zero-order valence-corrected chi connectivity index (χ0v) is 17.5. The summed E-state index contributed by atoms with van der Waals surface area (Å²) in [5.74, 6) is -0.548. The molecule has 0 unspecified atom stereocenters. The molecule has 1 aromatic carbocycles. The Kier molecular flexibility index (Phi) is 8.93. The van der Waals surface area contributed by atoms with Crippen molar-refractivity contribution in [3.63, 3.8) is 0 Å². The lowest BCUT2D eigenvalue weighted by Crippen LogP contribution is -2.56. The van der Waals surface area contributed by atoms with Gasteiger partial charge in [0.1, 0.15) is 17.7 Å². The Hall–Kier alpha value is -2.59. The van der Waals surface area contributed by atoms with Gasteiger partial charge in [0.05, 0.1) is 19.2 Å². The Morgan fingerprint density at radius 3 is 2.25 bits per heavy atom. The average Bonchev–Trinajstić information content (AvgIpc) is 2.60. The maximum Gasteiger partial charge on any atom is 0.407 e. The van der Waals surface area contributed by atoms with Crippen molar-refractivity contribution in [2.75, 3.05) is 7.11 Å². The van der Waals surface area contributed by atoms with Crippen LogP contribution >= 0.6 is 0 Å². The van der Waals surface area contributed by atoms with E-state index in [1.807, 2.05) is 44.2 Å². The standard InChI is InChI=1S/C21H31N3O4/c1-14(2)18(19(25)27-6)23-17(13-22)16(12-15-10-8-7-9-11-15)24-20(26)28-21(3,4)5/h7-11,14,16-18,23H,12H2,1-6H3,(H,24,26)/t16-,17+,18-/m0/s1. The van der Waals surface area contributed by atoms with Crippen molar-refractivity contribution >= 4 is 12.1 Å². The largest absolute Gasteiger partial charge is 0.468 e. The van der Waals surface area contributed by atoms with Gasteiger partial charge in [-0.15, -0.1) is 0 Å². The van der Waals surface area contributed by atoms with Gasteiger partial charge in [0.15, 0.2) is 0 Å². The third-order valence-electron chi connectivity index (χ3n) is 4.02. The van der Waals surface area contributed by atoms with Crippen molar-refractivity contribution in [3.8, 4) is 6.07 Å². The number of carbonyl (C=O) groups excluding carboxylic acids is 2. The van der Waals surface area contributed by atoms with E-state index in [-0.39, 0.29) is 5.92 Å². The van der Waals surface area contributed by atoms with Gasteiger partial charge in [-0.1, -0.05) is 44.2 Å². The van der Waals surface area contributed by atoms with E-state index in [4.69, 9.17) is 9.47 Å². The molecule has 0 bridgehead atoms. The van der Waals surface area contributed by atoms with Crippen LogP contribution in [0.15, 0.2) is 30.3 Å². The summed E-state index contributed by atoms with van der Waals surface area (Å²) in [7, 11) is 1.31. The van der Waals surface area contributed by atoms with E-state index in [1.54, 1.807) is 20.8 Å². The third-order valence-corrected chi connectivity index (χ3v) is 4.02. The molecule has 0 radical (unpaired) electrons. The Balaban J connectivity index is 3.06. The molecule has 28 heavy (non-hydrogen) atoms. The first-order valence-corrected chi connectivity index (χ1v) is 9.34. The van der Waals surface area contributed by atoms with Crippen molar-refractivity contribution < 1.29 is 19.1 Å². The van der Waals surface area contributed by atoms with Crippen LogP contribution in [0.1, 0.15) is 40.2 Å². The molecule has 2 N–H and O–H groups in total. The summed E-state index contributed by atoms with van der Waals surface area (Å²) in [4.78, 5) is 24.4. The molecule has 0 aromatic heterocycles. The minimum Gasteiger partial charge on any atom is -0.468 e. The highest BCUT2D eigenvalue weighted by Crippen LogP contribution is 2.12. The first-order chi connectivity index (χ1) is 13.1. The van der Waals surface area contributed by atoms with E-state index in [9.17, 15) is 14.9 Å². The number of carbonyl (C=O) groups is 2. The number of nitriles is 1. The molecule has 0 spiro atoms. The molecule has 0 heterocycles. The Morgan fingerprint density at radius 1 is 1.18 bits per heavy atom. The highest BCUT2D eigenvalue weighted by molar-refractivity contribution is 5.76. The minimum atomic E-state index is -0.820. The van der Waals surface area contributed by atoms with Crippen LogP contribution in [0, 0.1) is 17.2 Å². The van der Waals surface area contributed by atoms with Gasteiger partial charge in [0.25, 0.3) is 0 Å². The maximum atomic E-state index is 12.3. The smallest absolute Gasteiger partial charge is 0.407 e. The molecule has 154 valence electrons. The molecule has 0 saturated heterocycles. The van der Waals surface area contributed by atoms with E-state index < -0.39 is 35.8 Å². The average molecular weight is 389 g/mol. The summed E-state index contributed by atoms with van der Waals surface area (Å²) in [6, 6.07) is 9.57.